The summed E-state index contributed by atoms with van der Waals surface area (Å²) < 4.78 is 11.8. The number of hydrogen-bond donors (Lipinski definition) is 1. The number of rotatable bonds is 10. The predicted octanol–water partition coefficient (Wildman–Crippen LogP) is 1.68. The van der Waals surface area contributed by atoms with E-state index in [1.165, 1.54) is 4.90 Å². The fourth-order valence-electron chi connectivity index (χ4n) is 5.52. The third-order valence-electron chi connectivity index (χ3n) is 6.83. The second kappa shape index (κ2) is 9.35. The maximum Gasteiger partial charge on any atom is 0.312 e. The molecule has 1 spiro atoms. The highest BCUT2D eigenvalue weighted by atomic mass is 16.6. The number of allylic oxidation sites excluding steroid dienone is 1. The van der Waals surface area contributed by atoms with E-state index >= 15 is 0 Å². The smallest absolute Gasteiger partial charge is 0.312 e. The summed E-state index contributed by atoms with van der Waals surface area (Å²) in [7, 11) is 0. The molecule has 0 aromatic heterocycles. The van der Waals surface area contributed by atoms with E-state index in [-0.39, 0.29) is 31.6 Å². The summed E-state index contributed by atoms with van der Waals surface area (Å²) >= 11 is 0. The summed E-state index contributed by atoms with van der Waals surface area (Å²) in [6, 6.07) is -0.894. The lowest BCUT2D eigenvalue weighted by molar-refractivity contribution is -0.156. The normalized spacial score (nSPS) is 30.9. The van der Waals surface area contributed by atoms with Crippen LogP contribution in [0, 0.1) is 11.8 Å². The summed E-state index contributed by atoms with van der Waals surface area (Å²) in [5.41, 5.74) is -1.59. The molecule has 3 heterocycles. The van der Waals surface area contributed by atoms with Crippen molar-refractivity contribution in [3.05, 3.63) is 25.3 Å². The molecule has 1 N–H and O–H groups in total. The van der Waals surface area contributed by atoms with Crippen molar-refractivity contribution in [2.24, 2.45) is 11.8 Å². The first kappa shape index (κ1) is 24.5. The van der Waals surface area contributed by atoms with Gasteiger partial charge in [-0.1, -0.05) is 12.2 Å². The molecule has 3 rings (SSSR count). The lowest BCUT2D eigenvalue weighted by Gasteiger charge is -2.41. The average molecular weight is 449 g/mol. The molecule has 3 aliphatic rings. The minimum atomic E-state index is -1.08. The summed E-state index contributed by atoms with van der Waals surface area (Å²) in [6.07, 6.45) is 5.47. The highest BCUT2D eigenvalue weighted by Gasteiger charge is 2.75. The van der Waals surface area contributed by atoms with Gasteiger partial charge in [-0.2, -0.15) is 0 Å². The summed E-state index contributed by atoms with van der Waals surface area (Å²) in [4.78, 5) is 43.4. The van der Waals surface area contributed by atoms with Crippen molar-refractivity contribution in [2.75, 3.05) is 26.3 Å². The van der Waals surface area contributed by atoms with Crippen molar-refractivity contribution in [2.45, 2.75) is 69.7 Å². The average Bonchev–Trinajstić information content (AvgIpc) is 3.36. The number of aliphatic hydroxyl groups is 1. The van der Waals surface area contributed by atoms with Gasteiger partial charge in [0.05, 0.1) is 31.2 Å². The third-order valence-corrected chi connectivity index (χ3v) is 6.83. The molecular weight excluding hydrogens is 412 g/mol. The Kier molecular flexibility index (Phi) is 7.15. The molecule has 2 amide bonds. The molecule has 2 unspecified atom stereocenters. The Morgan fingerprint density at radius 2 is 2.06 bits per heavy atom. The lowest BCUT2D eigenvalue weighted by Crippen LogP contribution is -2.60. The zero-order valence-corrected chi connectivity index (χ0v) is 19.4. The van der Waals surface area contributed by atoms with Gasteiger partial charge in [-0.3, -0.25) is 14.4 Å². The molecule has 8 heteroatoms. The van der Waals surface area contributed by atoms with Crippen LogP contribution in [-0.4, -0.2) is 82.3 Å². The first-order valence-corrected chi connectivity index (χ1v) is 11.4. The van der Waals surface area contributed by atoms with Crippen molar-refractivity contribution >= 4 is 17.8 Å². The first-order valence-electron chi connectivity index (χ1n) is 11.4. The molecule has 3 aliphatic heterocycles. The van der Waals surface area contributed by atoms with Crippen molar-refractivity contribution in [3.63, 3.8) is 0 Å². The van der Waals surface area contributed by atoms with Gasteiger partial charge in [-0.15, -0.1) is 13.2 Å². The van der Waals surface area contributed by atoms with Gasteiger partial charge in [0.25, 0.3) is 0 Å². The maximum absolute atomic E-state index is 13.9. The Morgan fingerprint density at radius 1 is 1.34 bits per heavy atom. The van der Waals surface area contributed by atoms with Gasteiger partial charge in [0.2, 0.25) is 11.8 Å². The van der Waals surface area contributed by atoms with Gasteiger partial charge in [-0.25, -0.2) is 0 Å². The number of esters is 1. The fraction of sp³-hybridized carbons (Fsp3) is 0.708. The number of hydrogen-bond acceptors (Lipinski definition) is 6. The monoisotopic (exact) mass is 448 g/mol. The van der Waals surface area contributed by atoms with E-state index < -0.39 is 41.1 Å². The maximum atomic E-state index is 13.9. The number of likely N-dealkylation sites (tertiary alicyclic amines) is 1. The largest absolute Gasteiger partial charge is 0.465 e. The molecule has 8 nitrogen and oxygen atoms in total. The number of fused-ring (bicyclic) bond motifs is 1. The number of ether oxygens (including phenoxy) is 2. The third kappa shape index (κ3) is 3.99. The topological polar surface area (TPSA) is 96.4 Å². The molecule has 0 radical (unpaired) electrons. The van der Waals surface area contributed by atoms with Crippen molar-refractivity contribution < 1.29 is 29.0 Å². The lowest BCUT2D eigenvalue weighted by atomic mass is 9.70. The van der Waals surface area contributed by atoms with E-state index in [1.54, 1.807) is 17.1 Å². The first-order chi connectivity index (χ1) is 15.1. The van der Waals surface area contributed by atoms with E-state index in [9.17, 15) is 19.5 Å². The Bertz CT molecular complexity index is 775. The van der Waals surface area contributed by atoms with Gasteiger partial charge in [0.1, 0.15) is 11.6 Å². The standard InChI is InChI=1S/C24H36N2O6/c1-6-8-9-15-31-22(30)17-16-10-11-24(32-16)18(17)20(28)25(13-14-27)19(24)21(29)26(12-7-2)23(3,4)5/h6-7,16-19,27H,1-2,8-15H2,3-5H3/t16-,17+,18+,19?,24?/m1/s1. The second-order valence-electron chi connectivity index (χ2n) is 9.82. The van der Waals surface area contributed by atoms with Crippen LogP contribution < -0.4 is 0 Å². The molecule has 3 fully saturated rings. The van der Waals surface area contributed by atoms with Gasteiger partial charge < -0.3 is 24.4 Å². The predicted molar refractivity (Wildman–Crippen MR) is 118 cm³/mol. The van der Waals surface area contributed by atoms with Crippen molar-refractivity contribution in [3.8, 4) is 0 Å². The molecule has 0 aromatic rings. The highest BCUT2D eigenvalue weighted by molar-refractivity contribution is 5.98. The number of unbranched alkanes of at least 4 members (excludes halogenated alkanes) is 1. The number of carbonyl (C=O) groups excluding carboxylic acids is 3. The fourth-order valence-corrected chi connectivity index (χ4v) is 5.52. The Balaban J connectivity index is 1.94. The minimum Gasteiger partial charge on any atom is -0.465 e. The van der Waals surface area contributed by atoms with Crippen LogP contribution in [0.2, 0.25) is 0 Å². The summed E-state index contributed by atoms with van der Waals surface area (Å²) in [5.74, 6) is -2.53. The second-order valence-corrected chi connectivity index (χ2v) is 9.82. The molecule has 32 heavy (non-hydrogen) atoms. The van der Waals surface area contributed by atoms with E-state index in [0.29, 0.717) is 25.8 Å². The van der Waals surface area contributed by atoms with Crippen LogP contribution in [0.1, 0.15) is 46.5 Å². The Labute approximate surface area is 190 Å². The van der Waals surface area contributed by atoms with E-state index in [0.717, 1.165) is 6.42 Å². The van der Waals surface area contributed by atoms with E-state index in [4.69, 9.17) is 9.47 Å². The van der Waals surface area contributed by atoms with Gasteiger partial charge in [0, 0.05) is 18.6 Å². The van der Waals surface area contributed by atoms with Crippen LogP contribution in [0.3, 0.4) is 0 Å². The Morgan fingerprint density at radius 3 is 2.66 bits per heavy atom. The molecule has 5 atom stereocenters. The van der Waals surface area contributed by atoms with Crippen LogP contribution in [0.4, 0.5) is 0 Å². The van der Waals surface area contributed by atoms with Crippen molar-refractivity contribution in [1.82, 2.24) is 9.80 Å². The van der Waals surface area contributed by atoms with Crippen LogP contribution in [0.25, 0.3) is 0 Å². The van der Waals surface area contributed by atoms with Crippen LogP contribution in [0.5, 0.6) is 0 Å². The zero-order valence-electron chi connectivity index (χ0n) is 19.4. The number of nitrogens with zero attached hydrogens (tertiary/aromatic N) is 2. The van der Waals surface area contributed by atoms with Gasteiger partial charge in [-0.05, 0) is 46.5 Å². The van der Waals surface area contributed by atoms with E-state index in [2.05, 4.69) is 13.2 Å². The number of aliphatic hydroxyl groups excluding tert-OH is 1. The molecule has 2 bridgehead atoms. The number of β-amino-alcohol motifs (C(OH)–C–C–N with tert-alkyl or cyclic N) is 1. The van der Waals surface area contributed by atoms with Crippen LogP contribution in [-0.2, 0) is 23.9 Å². The van der Waals surface area contributed by atoms with Gasteiger partial charge in [0.15, 0.2) is 0 Å². The molecule has 0 aromatic carbocycles. The molecule has 178 valence electrons. The number of amides is 2. The van der Waals surface area contributed by atoms with Crippen LogP contribution in [0.15, 0.2) is 25.3 Å². The van der Waals surface area contributed by atoms with Crippen LogP contribution >= 0.6 is 0 Å². The highest BCUT2D eigenvalue weighted by Crippen LogP contribution is 2.58. The zero-order chi connectivity index (χ0) is 23.7. The Hall–Kier alpha value is -2.19. The minimum absolute atomic E-state index is 0.00862. The SMILES string of the molecule is C=CCCCOC(=O)[C@@H]1[C@H]2C(=O)N(CCO)C(C(=O)N(CC=C)C(C)(C)C)C23CC[C@H]1O3. The molecule has 0 aliphatic carbocycles. The van der Waals surface area contributed by atoms with Crippen molar-refractivity contribution in [1.29, 1.82) is 0 Å². The molecule has 0 saturated carbocycles. The summed E-state index contributed by atoms with van der Waals surface area (Å²) in [6.45, 7) is 13.5. The number of carbonyl (C=O) groups is 3. The molecular formula is C24H36N2O6. The molecule has 3 saturated heterocycles. The van der Waals surface area contributed by atoms with Gasteiger partial charge >= 0.3 is 5.97 Å². The quantitative estimate of drug-likeness (QED) is 0.310. The summed E-state index contributed by atoms with van der Waals surface area (Å²) in [5, 5.41) is 9.64. The van der Waals surface area contributed by atoms with E-state index in [1.807, 2.05) is 20.8 Å².